The van der Waals surface area contributed by atoms with Crippen LogP contribution in [0.1, 0.15) is 33.1 Å². The third kappa shape index (κ3) is 3.01. The fourth-order valence-electron chi connectivity index (χ4n) is 1.75. The number of rotatable bonds is 2. The van der Waals surface area contributed by atoms with Crippen LogP contribution >= 0.6 is 0 Å². The summed E-state index contributed by atoms with van der Waals surface area (Å²) in [5.74, 6) is -0.109. The molecule has 0 bridgehead atoms. The molecule has 0 aliphatic carbocycles. The maximum absolute atomic E-state index is 11.7. The summed E-state index contributed by atoms with van der Waals surface area (Å²) in [4.78, 5) is 24.3. The third-order valence-corrected chi connectivity index (χ3v) is 2.46. The van der Waals surface area contributed by atoms with Gasteiger partial charge in [-0.25, -0.2) is 0 Å². The van der Waals surface area contributed by atoms with E-state index >= 15 is 0 Å². The Kier molecular flexibility index (Phi) is 3.92. The first-order valence-corrected chi connectivity index (χ1v) is 5.17. The number of piperidine rings is 1. The summed E-state index contributed by atoms with van der Waals surface area (Å²) in [6.07, 6.45) is 3.37. The van der Waals surface area contributed by atoms with Gasteiger partial charge in [0.1, 0.15) is 6.04 Å². The minimum Gasteiger partial charge on any atom is -0.345 e. The van der Waals surface area contributed by atoms with Crippen molar-refractivity contribution in [2.24, 2.45) is 0 Å². The summed E-state index contributed by atoms with van der Waals surface area (Å²) in [6.45, 7) is 4.84. The van der Waals surface area contributed by atoms with Gasteiger partial charge < -0.3 is 10.2 Å². The van der Waals surface area contributed by atoms with E-state index in [4.69, 9.17) is 0 Å². The van der Waals surface area contributed by atoms with E-state index in [1.807, 2.05) is 4.90 Å². The highest BCUT2D eigenvalue weighted by atomic mass is 16.2. The number of nitrogens with one attached hydrogen (secondary N) is 1. The number of carbonyl (C=O) groups is 2. The van der Waals surface area contributed by atoms with Crippen LogP contribution < -0.4 is 5.32 Å². The highest BCUT2D eigenvalue weighted by molar-refractivity contribution is 5.86. The molecule has 1 fully saturated rings. The van der Waals surface area contributed by atoms with Gasteiger partial charge in [0.25, 0.3) is 0 Å². The second kappa shape index (κ2) is 4.98. The lowest BCUT2D eigenvalue weighted by molar-refractivity contribution is -0.136. The van der Waals surface area contributed by atoms with Crippen molar-refractivity contribution in [2.45, 2.75) is 39.2 Å². The molecule has 1 aliphatic rings. The van der Waals surface area contributed by atoms with Gasteiger partial charge in [0, 0.05) is 20.0 Å². The minimum absolute atomic E-state index is 0.0416. The molecule has 0 aromatic heterocycles. The number of carbonyl (C=O) groups excluding carboxylic acids is 2. The highest BCUT2D eigenvalue weighted by Crippen LogP contribution is 2.09. The molecule has 1 N–H and O–H groups in total. The van der Waals surface area contributed by atoms with Gasteiger partial charge in [0.2, 0.25) is 11.8 Å². The molecule has 1 saturated heterocycles. The predicted octanol–water partition coefficient (Wildman–Crippen LogP) is 0.523. The molecule has 4 heteroatoms. The maximum Gasteiger partial charge on any atom is 0.244 e. The Morgan fingerprint density at radius 1 is 1.21 bits per heavy atom. The van der Waals surface area contributed by atoms with Crippen molar-refractivity contribution in [3.8, 4) is 0 Å². The molecule has 0 aromatic carbocycles. The van der Waals surface area contributed by atoms with Crippen LogP contribution in [0, 0.1) is 0 Å². The zero-order valence-electron chi connectivity index (χ0n) is 8.88. The molecular formula is C10H18N2O2. The van der Waals surface area contributed by atoms with Crippen LogP contribution in [0.15, 0.2) is 0 Å². The van der Waals surface area contributed by atoms with Gasteiger partial charge in [-0.3, -0.25) is 9.59 Å². The fourth-order valence-corrected chi connectivity index (χ4v) is 1.75. The van der Waals surface area contributed by atoms with E-state index in [0.717, 1.165) is 25.9 Å². The fraction of sp³-hybridized carbons (Fsp3) is 0.800. The van der Waals surface area contributed by atoms with Crippen molar-refractivity contribution in [1.29, 1.82) is 0 Å². The van der Waals surface area contributed by atoms with E-state index < -0.39 is 0 Å². The van der Waals surface area contributed by atoms with Crippen LogP contribution in [-0.2, 0) is 9.59 Å². The molecule has 1 rings (SSSR count). The number of likely N-dealkylation sites (tertiary alicyclic amines) is 1. The Balaban J connectivity index is 2.42. The molecule has 1 aliphatic heterocycles. The zero-order valence-corrected chi connectivity index (χ0v) is 8.88. The van der Waals surface area contributed by atoms with Gasteiger partial charge in [-0.1, -0.05) is 0 Å². The van der Waals surface area contributed by atoms with E-state index in [2.05, 4.69) is 5.32 Å². The van der Waals surface area contributed by atoms with E-state index in [0.29, 0.717) is 0 Å². The lowest BCUT2D eigenvalue weighted by atomic mass is 10.1. The Morgan fingerprint density at radius 3 is 2.29 bits per heavy atom. The Labute approximate surface area is 84.7 Å². The number of nitrogens with zero attached hydrogens (tertiary/aromatic N) is 1. The lowest BCUT2D eigenvalue weighted by Gasteiger charge is -2.29. The molecule has 4 nitrogen and oxygen atoms in total. The molecule has 1 unspecified atom stereocenters. The summed E-state index contributed by atoms with van der Waals surface area (Å²) in [7, 11) is 0. The molecule has 0 radical (unpaired) electrons. The average Bonchev–Trinajstić information content (AvgIpc) is 2.17. The van der Waals surface area contributed by atoms with Gasteiger partial charge in [0.05, 0.1) is 0 Å². The number of amides is 2. The van der Waals surface area contributed by atoms with Gasteiger partial charge in [-0.15, -0.1) is 0 Å². The first-order chi connectivity index (χ1) is 6.61. The van der Waals surface area contributed by atoms with E-state index in [1.54, 1.807) is 6.92 Å². The summed E-state index contributed by atoms with van der Waals surface area (Å²) in [5, 5.41) is 2.61. The third-order valence-electron chi connectivity index (χ3n) is 2.46. The van der Waals surface area contributed by atoms with Crippen LogP contribution in [-0.4, -0.2) is 35.8 Å². The van der Waals surface area contributed by atoms with Crippen LogP contribution in [0.3, 0.4) is 0 Å². The standard InChI is InChI=1S/C10H18N2O2/c1-8(11-9(2)13)10(14)12-6-4-3-5-7-12/h8H,3-7H2,1-2H3,(H,11,13). The van der Waals surface area contributed by atoms with Crippen molar-refractivity contribution in [3.05, 3.63) is 0 Å². The second-order valence-corrected chi connectivity index (χ2v) is 3.81. The molecule has 0 aromatic rings. The molecule has 0 spiro atoms. The van der Waals surface area contributed by atoms with Crippen LogP contribution in [0.25, 0.3) is 0 Å². The van der Waals surface area contributed by atoms with E-state index in [1.165, 1.54) is 13.3 Å². The zero-order chi connectivity index (χ0) is 10.6. The monoisotopic (exact) mass is 198 g/mol. The van der Waals surface area contributed by atoms with Crippen molar-refractivity contribution in [3.63, 3.8) is 0 Å². The van der Waals surface area contributed by atoms with Crippen molar-refractivity contribution >= 4 is 11.8 Å². The number of hydrogen-bond acceptors (Lipinski definition) is 2. The molecule has 1 atom stereocenters. The van der Waals surface area contributed by atoms with Crippen molar-refractivity contribution < 1.29 is 9.59 Å². The predicted molar refractivity (Wildman–Crippen MR) is 53.7 cm³/mol. The van der Waals surface area contributed by atoms with Crippen LogP contribution in [0.2, 0.25) is 0 Å². The normalized spacial score (nSPS) is 18.9. The first-order valence-electron chi connectivity index (χ1n) is 5.17. The molecule has 2 amide bonds. The Morgan fingerprint density at radius 2 is 1.79 bits per heavy atom. The van der Waals surface area contributed by atoms with Crippen molar-refractivity contribution in [2.75, 3.05) is 13.1 Å². The van der Waals surface area contributed by atoms with Crippen LogP contribution in [0.4, 0.5) is 0 Å². The molecule has 1 heterocycles. The maximum atomic E-state index is 11.7. The topological polar surface area (TPSA) is 49.4 Å². The molecule has 0 saturated carbocycles. The average molecular weight is 198 g/mol. The Hall–Kier alpha value is -1.06. The SMILES string of the molecule is CC(=O)NC(C)C(=O)N1CCCCC1. The summed E-state index contributed by atoms with van der Waals surface area (Å²) >= 11 is 0. The van der Waals surface area contributed by atoms with Gasteiger partial charge in [-0.2, -0.15) is 0 Å². The Bertz CT molecular complexity index is 222. The van der Waals surface area contributed by atoms with Gasteiger partial charge >= 0.3 is 0 Å². The number of hydrogen-bond donors (Lipinski definition) is 1. The largest absolute Gasteiger partial charge is 0.345 e. The molecular weight excluding hydrogens is 180 g/mol. The summed E-state index contributed by atoms with van der Waals surface area (Å²) in [6, 6.07) is -0.384. The lowest BCUT2D eigenvalue weighted by Crippen LogP contribution is -2.47. The summed E-state index contributed by atoms with van der Waals surface area (Å²) < 4.78 is 0. The van der Waals surface area contributed by atoms with Gasteiger partial charge in [-0.05, 0) is 26.2 Å². The smallest absolute Gasteiger partial charge is 0.244 e. The van der Waals surface area contributed by atoms with Crippen LogP contribution in [0.5, 0.6) is 0 Å². The van der Waals surface area contributed by atoms with E-state index in [9.17, 15) is 9.59 Å². The second-order valence-electron chi connectivity index (χ2n) is 3.81. The summed E-state index contributed by atoms with van der Waals surface area (Å²) in [5.41, 5.74) is 0. The molecule has 80 valence electrons. The van der Waals surface area contributed by atoms with Gasteiger partial charge in [0.15, 0.2) is 0 Å². The highest BCUT2D eigenvalue weighted by Gasteiger charge is 2.22. The van der Waals surface area contributed by atoms with Crippen molar-refractivity contribution in [1.82, 2.24) is 10.2 Å². The minimum atomic E-state index is -0.384. The molecule has 14 heavy (non-hydrogen) atoms. The van der Waals surface area contributed by atoms with E-state index in [-0.39, 0.29) is 17.9 Å². The quantitative estimate of drug-likeness (QED) is 0.703. The first kappa shape index (κ1) is 11.0.